The van der Waals surface area contributed by atoms with E-state index in [2.05, 4.69) is 16.0 Å². The summed E-state index contributed by atoms with van der Waals surface area (Å²) in [6, 6.07) is 16.3. The van der Waals surface area contributed by atoms with Gasteiger partial charge >= 0.3 is 0 Å². The lowest BCUT2D eigenvalue weighted by molar-refractivity contribution is -0.120. The summed E-state index contributed by atoms with van der Waals surface area (Å²) in [5, 5.41) is 8.78. The molecule has 3 N–H and O–H groups in total. The molecule has 7 heteroatoms. The van der Waals surface area contributed by atoms with Gasteiger partial charge in [-0.05, 0) is 54.9 Å². The first kappa shape index (κ1) is 22.7. The molecule has 1 saturated carbocycles. The Hall–Kier alpha value is -2.93. The predicted molar refractivity (Wildman–Crippen MR) is 127 cm³/mol. The second-order valence-electron chi connectivity index (χ2n) is 7.78. The van der Waals surface area contributed by atoms with Crippen molar-refractivity contribution in [2.75, 3.05) is 17.2 Å². The average Bonchev–Trinajstić information content (AvgIpc) is 2.78. The van der Waals surface area contributed by atoms with E-state index >= 15 is 0 Å². The van der Waals surface area contributed by atoms with Gasteiger partial charge in [-0.2, -0.15) is 0 Å². The van der Waals surface area contributed by atoms with E-state index in [-0.39, 0.29) is 23.5 Å². The molecule has 0 heterocycles. The molecule has 0 unspecified atom stereocenters. The number of para-hydroxylation sites is 1. The zero-order chi connectivity index (χ0) is 21.9. The number of hydrogen-bond acceptors (Lipinski definition) is 4. The fraction of sp³-hybridized carbons (Fsp3) is 0.375. The third-order valence-electron chi connectivity index (χ3n) is 5.27. The highest BCUT2D eigenvalue weighted by molar-refractivity contribution is 7.80. The molecule has 3 rings (SSSR count). The van der Waals surface area contributed by atoms with Gasteiger partial charge in [0, 0.05) is 17.8 Å². The molecule has 1 aliphatic rings. The Balaban J connectivity index is 1.40. The maximum absolute atomic E-state index is 12.2. The molecule has 0 aliphatic heterocycles. The van der Waals surface area contributed by atoms with Gasteiger partial charge in [0.1, 0.15) is 5.75 Å². The number of nitrogens with one attached hydrogen (secondary N) is 3. The Bertz CT molecular complexity index is 883. The number of anilines is 2. The molecule has 0 saturated heterocycles. The number of benzene rings is 2. The van der Waals surface area contributed by atoms with Crippen LogP contribution in [0.5, 0.6) is 5.75 Å². The molecular formula is C24H29N3O3S. The van der Waals surface area contributed by atoms with Gasteiger partial charge in [-0.15, -0.1) is 0 Å². The van der Waals surface area contributed by atoms with Gasteiger partial charge in [-0.25, -0.2) is 0 Å². The van der Waals surface area contributed by atoms with Crippen LogP contribution in [0.2, 0.25) is 0 Å². The molecular weight excluding hydrogens is 410 g/mol. The Morgan fingerprint density at radius 1 is 0.903 bits per heavy atom. The molecule has 0 atom stereocenters. The Morgan fingerprint density at radius 3 is 2.35 bits per heavy atom. The zero-order valence-corrected chi connectivity index (χ0v) is 18.4. The van der Waals surface area contributed by atoms with Gasteiger partial charge < -0.3 is 20.7 Å². The molecule has 0 bridgehead atoms. The highest BCUT2D eigenvalue weighted by Gasteiger charge is 2.15. The lowest BCUT2D eigenvalue weighted by Crippen LogP contribution is -2.34. The van der Waals surface area contributed by atoms with Crippen LogP contribution in [0, 0.1) is 5.92 Å². The quantitative estimate of drug-likeness (QED) is 0.511. The lowest BCUT2D eigenvalue weighted by atomic mass is 9.86. The highest BCUT2D eigenvalue weighted by atomic mass is 32.1. The molecule has 2 aromatic carbocycles. The van der Waals surface area contributed by atoms with E-state index in [4.69, 9.17) is 17.0 Å². The number of thiocarbonyl (C=S) groups is 1. The molecule has 0 aromatic heterocycles. The smallest absolute Gasteiger partial charge is 0.262 e. The molecule has 1 fully saturated rings. The van der Waals surface area contributed by atoms with Crippen molar-refractivity contribution in [1.29, 1.82) is 0 Å². The van der Waals surface area contributed by atoms with Gasteiger partial charge in [-0.1, -0.05) is 56.4 Å². The Kier molecular flexibility index (Phi) is 8.84. The third-order valence-corrected chi connectivity index (χ3v) is 5.48. The van der Waals surface area contributed by atoms with E-state index in [0.717, 1.165) is 6.42 Å². The average molecular weight is 440 g/mol. The first-order valence-corrected chi connectivity index (χ1v) is 11.2. The van der Waals surface area contributed by atoms with E-state index in [1.807, 2.05) is 24.3 Å². The second-order valence-corrected chi connectivity index (χ2v) is 8.18. The number of ether oxygens (including phenoxy) is 1. The van der Waals surface area contributed by atoms with E-state index in [1.165, 1.54) is 32.1 Å². The van der Waals surface area contributed by atoms with Gasteiger partial charge in [0.25, 0.3) is 5.91 Å². The van der Waals surface area contributed by atoms with Crippen LogP contribution in [0.15, 0.2) is 54.6 Å². The third kappa shape index (κ3) is 8.38. The molecule has 0 spiro atoms. The van der Waals surface area contributed by atoms with Crippen molar-refractivity contribution < 1.29 is 14.3 Å². The van der Waals surface area contributed by atoms with Crippen molar-refractivity contribution in [1.82, 2.24) is 5.32 Å². The number of amides is 2. The predicted octanol–water partition coefficient (Wildman–Crippen LogP) is 4.88. The SMILES string of the molecule is O=C(CCC1CCCCC1)NC(=S)Nc1cccc(NC(=O)COc2ccccc2)c1. The number of rotatable bonds is 8. The summed E-state index contributed by atoms with van der Waals surface area (Å²) in [5.41, 5.74) is 1.29. The van der Waals surface area contributed by atoms with Crippen molar-refractivity contribution in [3.63, 3.8) is 0 Å². The minimum atomic E-state index is -0.264. The van der Waals surface area contributed by atoms with Crippen LogP contribution >= 0.6 is 12.2 Å². The molecule has 1 aliphatic carbocycles. The largest absolute Gasteiger partial charge is 0.484 e. The van der Waals surface area contributed by atoms with Gasteiger partial charge in [0.2, 0.25) is 5.91 Å². The van der Waals surface area contributed by atoms with Crippen molar-refractivity contribution >= 4 is 40.5 Å². The van der Waals surface area contributed by atoms with E-state index in [0.29, 0.717) is 29.5 Å². The molecule has 0 radical (unpaired) electrons. The van der Waals surface area contributed by atoms with Crippen molar-refractivity contribution in [3.05, 3.63) is 54.6 Å². The van der Waals surface area contributed by atoms with Crippen LogP contribution < -0.4 is 20.7 Å². The number of carbonyl (C=O) groups excluding carboxylic acids is 2. The summed E-state index contributed by atoms with van der Waals surface area (Å²) in [6.45, 7) is -0.0862. The van der Waals surface area contributed by atoms with Gasteiger partial charge in [-0.3, -0.25) is 9.59 Å². The maximum atomic E-state index is 12.2. The number of hydrogen-bond donors (Lipinski definition) is 3. The summed E-state index contributed by atoms with van der Waals surface area (Å²) in [5.74, 6) is 0.968. The van der Waals surface area contributed by atoms with Gasteiger partial charge in [0.15, 0.2) is 11.7 Å². The molecule has 31 heavy (non-hydrogen) atoms. The van der Waals surface area contributed by atoms with Crippen molar-refractivity contribution in [3.8, 4) is 5.75 Å². The zero-order valence-electron chi connectivity index (χ0n) is 17.6. The fourth-order valence-electron chi connectivity index (χ4n) is 3.70. The Morgan fingerprint density at radius 2 is 1.61 bits per heavy atom. The molecule has 2 aromatic rings. The summed E-state index contributed by atoms with van der Waals surface area (Å²) >= 11 is 5.26. The monoisotopic (exact) mass is 439 g/mol. The van der Waals surface area contributed by atoms with Gasteiger partial charge in [0.05, 0.1) is 0 Å². The molecule has 164 valence electrons. The first-order chi connectivity index (χ1) is 15.1. The van der Waals surface area contributed by atoms with E-state index in [9.17, 15) is 9.59 Å². The van der Waals surface area contributed by atoms with Crippen LogP contribution in [-0.4, -0.2) is 23.5 Å². The van der Waals surface area contributed by atoms with Crippen LogP contribution in [-0.2, 0) is 9.59 Å². The normalized spacial score (nSPS) is 13.8. The minimum absolute atomic E-state index is 0.0643. The summed E-state index contributed by atoms with van der Waals surface area (Å²) in [6.07, 6.45) is 7.73. The van der Waals surface area contributed by atoms with Crippen LogP contribution in [0.25, 0.3) is 0 Å². The van der Waals surface area contributed by atoms with Crippen molar-refractivity contribution in [2.45, 2.75) is 44.9 Å². The van der Waals surface area contributed by atoms with Crippen LogP contribution in [0.3, 0.4) is 0 Å². The van der Waals surface area contributed by atoms with Crippen LogP contribution in [0.1, 0.15) is 44.9 Å². The van der Waals surface area contributed by atoms with E-state index in [1.54, 1.807) is 30.3 Å². The lowest BCUT2D eigenvalue weighted by Gasteiger charge is -2.21. The summed E-state index contributed by atoms with van der Waals surface area (Å²) in [7, 11) is 0. The highest BCUT2D eigenvalue weighted by Crippen LogP contribution is 2.27. The maximum Gasteiger partial charge on any atom is 0.262 e. The molecule has 2 amide bonds. The van der Waals surface area contributed by atoms with E-state index < -0.39 is 0 Å². The molecule has 6 nitrogen and oxygen atoms in total. The topological polar surface area (TPSA) is 79.5 Å². The Labute approximate surface area is 188 Å². The fourth-order valence-corrected chi connectivity index (χ4v) is 3.93. The summed E-state index contributed by atoms with van der Waals surface area (Å²) < 4.78 is 5.45. The minimum Gasteiger partial charge on any atom is -0.484 e. The number of carbonyl (C=O) groups is 2. The summed E-state index contributed by atoms with van der Waals surface area (Å²) in [4.78, 5) is 24.3. The second kappa shape index (κ2) is 12.1. The van der Waals surface area contributed by atoms with Crippen LogP contribution in [0.4, 0.5) is 11.4 Å². The first-order valence-electron chi connectivity index (χ1n) is 10.8. The standard InChI is InChI=1S/C24H29N3O3S/c28-22(15-14-18-8-3-1-4-9-18)27-24(31)26-20-11-7-10-19(16-20)25-23(29)17-30-21-12-5-2-6-13-21/h2,5-7,10-13,16,18H,1,3-4,8-9,14-15,17H2,(H,25,29)(H2,26,27,28,31). The van der Waals surface area contributed by atoms with Crippen molar-refractivity contribution in [2.24, 2.45) is 5.92 Å².